The Hall–Kier alpha value is -0.990. The molecule has 0 spiro atoms. The van der Waals surface area contributed by atoms with Gasteiger partial charge >= 0.3 is 0 Å². The van der Waals surface area contributed by atoms with Crippen LogP contribution in [0.4, 0.5) is 0 Å². The topological polar surface area (TPSA) is 85.1 Å². The van der Waals surface area contributed by atoms with E-state index in [1.807, 2.05) is 12.3 Å². The van der Waals surface area contributed by atoms with Crippen LogP contribution in [0.5, 0.6) is 0 Å². The van der Waals surface area contributed by atoms with E-state index >= 15 is 0 Å². The summed E-state index contributed by atoms with van der Waals surface area (Å²) in [5.74, 6) is 0.0126. The number of aromatic nitrogens is 1. The van der Waals surface area contributed by atoms with E-state index in [-0.39, 0.29) is 23.9 Å². The fraction of sp³-hybridized carbons (Fsp3) is 0.308. The van der Waals surface area contributed by atoms with E-state index in [2.05, 4.69) is 9.71 Å². The lowest BCUT2D eigenvalue weighted by Gasteiger charge is -2.11. The second-order valence-electron chi connectivity index (χ2n) is 4.58. The number of nitrogens with two attached hydrogens (primary N) is 1. The summed E-state index contributed by atoms with van der Waals surface area (Å²) in [6.07, 6.45) is 1.70. The fourth-order valence-electron chi connectivity index (χ4n) is 1.74. The van der Waals surface area contributed by atoms with Crippen LogP contribution < -0.4 is 10.5 Å². The number of rotatable bonds is 6. The van der Waals surface area contributed by atoms with Crippen LogP contribution in [0.2, 0.25) is 5.02 Å². The third-order valence-electron chi connectivity index (χ3n) is 3.01. The normalized spacial score (nSPS) is 13.3. The largest absolute Gasteiger partial charge is 0.326 e. The minimum atomic E-state index is -3.59. The molecule has 0 saturated carbocycles. The van der Waals surface area contributed by atoms with E-state index in [1.165, 1.54) is 23.5 Å². The third-order valence-corrected chi connectivity index (χ3v) is 5.79. The number of hydrogen-bond donors (Lipinski definition) is 2. The smallest absolute Gasteiger partial charge is 0.240 e. The Morgan fingerprint density at radius 1 is 1.48 bits per heavy atom. The summed E-state index contributed by atoms with van der Waals surface area (Å²) in [4.78, 5) is 4.31. The molecule has 0 amide bonds. The van der Waals surface area contributed by atoms with Crippen LogP contribution in [0.3, 0.4) is 0 Å². The van der Waals surface area contributed by atoms with Gasteiger partial charge in [0.25, 0.3) is 0 Å². The summed E-state index contributed by atoms with van der Waals surface area (Å²) in [5, 5.41) is 3.12. The standard InChI is InChI=1S/C13H16ClN3O2S2/c1-9(13-16-4-5-20-13)8-17-21(18,19)11-3-2-10(7-15)12(14)6-11/h2-6,9,17H,7-8,15H2,1H3. The molecule has 8 heteroatoms. The van der Waals surface area contributed by atoms with Crippen molar-refractivity contribution >= 4 is 33.0 Å². The summed E-state index contributed by atoms with van der Waals surface area (Å²) < 4.78 is 27.1. The van der Waals surface area contributed by atoms with E-state index in [4.69, 9.17) is 17.3 Å². The molecule has 0 aliphatic carbocycles. The zero-order chi connectivity index (χ0) is 15.5. The fourth-order valence-corrected chi connectivity index (χ4v) is 3.92. The molecule has 21 heavy (non-hydrogen) atoms. The molecular formula is C13H16ClN3O2S2. The van der Waals surface area contributed by atoms with E-state index in [1.54, 1.807) is 12.3 Å². The van der Waals surface area contributed by atoms with Gasteiger partial charge in [-0.3, -0.25) is 0 Å². The Bertz CT molecular complexity index is 702. The second kappa shape index (κ2) is 6.85. The van der Waals surface area contributed by atoms with Gasteiger partial charge in [0.1, 0.15) is 0 Å². The number of thiazole rings is 1. The second-order valence-corrected chi connectivity index (χ2v) is 7.68. The van der Waals surface area contributed by atoms with Crippen molar-refractivity contribution in [3.05, 3.63) is 45.4 Å². The van der Waals surface area contributed by atoms with Gasteiger partial charge in [0.2, 0.25) is 10.0 Å². The molecule has 3 N–H and O–H groups in total. The predicted octanol–water partition coefficient (Wildman–Crippen LogP) is 2.34. The van der Waals surface area contributed by atoms with Crippen molar-refractivity contribution in [3.63, 3.8) is 0 Å². The number of halogens is 1. The lowest BCUT2D eigenvalue weighted by molar-refractivity contribution is 0.574. The molecule has 1 atom stereocenters. The van der Waals surface area contributed by atoms with Crippen LogP contribution >= 0.6 is 22.9 Å². The highest BCUT2D eigenvalue weighted by Gasteiger charge is 2.17. The zero-order valence-electron chi connectivity index (χ0n) is 11.4. The maximum Gasteiger partial charge on any atom is 0.240 e. The third kappa shape index (κ3) is 4.02. The number of nitrogens with zero attached hydrogens (tertiary/aromatic N) is 1. The Balaban J connectivity index is 2.10. The molecular weight excluding hydrogens is 330 g/mol. The average Bonchev–Trinajstić information content (AvgIpc) is 2.99. The first kappa shape index (κ1) is 16.4. The van der Waals surface area contributed by atoms with Gasteiger partial charge in [-0.05, 0) is 17.7 Å². The monoisotopic (exact) mass is 345 g/mol. The first-order valence-electron chi connectivity index (χ1n) is 6.31. The molecule has 1 unspecified atom stereocenters. The lowest BCUT2D eigenvalue weighted by atomic mass is 10.2. The van der Waals surface area contributed by atoms with Crippen LogP contribution in [-0.2, 0) is 16.6 Å². The molecule has 0 aliphatic rings. The highest BCUT2D eigenvalue weighted by atomic mass is 35.5. The highest BCUT2D eigenvalue weighted by Crippen LogP contribution is 2.21. The van der Waals surface area contributed by atoms with Crippen molar-refractivity contribution in [2.45, 2.75) is 24.3 Å². The van der Waals surface area contributed by atoms with Gasteiger partial charge in [0.15, 0.2) is 0 Å². The molecule has 2 rings (SSSR count). The Morgan fingerprint density at radius 2 is 2.24 bits per heavy atom. The minimum Gasteiger partial charge on any atom is -0.326 e. The molecule has 5 nitrogen and oxygen atoms in total. The predicted molar refractivity (Wildman–Crippen MR) is 85.1 cm³/mol. The maximum atomic E-state index is 12.2. The summed E-state index contributed by atoms with van der Waals surface area (Å²) in [6, 6.07) is 4.55. The number of benzene rings is 1. The summed E-state index contributed by atoms with van der Waals surface area (Å²) in [5.41, 5.74) is 6.22. The molecule has 1 heterocycles. The van der Waals surface area contributed by atoms with Gasteiger partial charge in [-0.1, -0.05) is 24.6 Å². The Morgan fingerprint density at radius 3 is 2.81 bits per heavy atom. The van der Waals surface area contributed by atoms with E-state index in [9.17, 15) is 8.42 Å². The average molecular weight is 346 g/mol. The molecule has 2 aromatic rings. The minimum absolute atomic E-state index is 0.0126. The van der Waals surface area contributed by atoms with E-state index < -0.39 is 10.0 Å². The quantitative estimate of drug-likeness (QED) is 0.841. The molecule has 1 aromatic heterocycles. The van der Waals surface area contributed by atoms with Crippen molar-refractivity contribution in [2.24, 2.45) is 5.73 Å². The van der Waals surface area contributed by atoms with Crippen molar-refractivity contribution in [3.8, 4) is 0 Å². The van der Waals surface area contributed by atoms with Crippen LogP contribution in [-0.4, -0.2) is 19.9 Å². The van der Waals surface area contributed by atoms with Gasteiger partial charge in [-0.15, -0.1) is 11.3 Å². The van der Waals surface area contributed by atoms with Crippen LogP contribution in [0, 0.1) is 0 Å². The zero-order valence-corrected chi connectivity index (χ0v) is 13.8. The number of hydrogen-bond acceptors (Lipinski definition) is 5. The first-order valence-corrected chi connectivity index (χ1v) is 9.05. The van der Waals surface area contributed by atoms with Crippen LogP contribution in [0.1, 0.15) is 23.4 Å². The Labute approximate surface area is 133 Å². The van der Waals surface area contributed by atoms with Gasteiger partial charge in [0.05, 0.1) is 9.90 Å². The Kier molecular flexibility index (Phi) is 5.34. The van der Waals surface area contributed by atoms with Crippen molar-refractivity contribution in [1.82, 2.24) is 9.71 Å². The SMILES string of the molecule is CC(CNS(=O)(=O)c1ccc(CN)c(Cl)c1)c1nccs1. The van der Waals surface area contributed by atoms with E-state index in [0.717, 1.165) is 5.01 Å². The van der Waals surface area contributed by atoms with Gasteiger partial charge < -0.3 is 5.73 Å². The van der Waals surface area contributed by atoms with Crippen molar-refractivity contribution in [1.29, 1.82) is 0 Å². The van der Waals surface area contributed by atoms with Crippen LogP contribution in [0.15, 0.2) is 34.7 Å². The number of sulfonamides is 1. The van der Waals surface area contributed by atoms with Crippen LogP contribution in [0.25, 0.3) is 0 Å². The van der Waals surface area contributed by atoms with Gasteiger partial charge in [-0.2, -0.15) is 0 Å². The summed E-state index contributed by atoms with van der Waals surface area (Å²) in [6.45, 7) is 2.48. The molecule has 0 fully saturated rings. The lowest BCUT2D eigenvalue weighted by Crippen LogP contribution is -2.27. The first-order chi connectivity index (χ1) is 9.94. The molecule has 0 bridgehead atoms. The van der Waals surface area contributed by atoms with Gasteiger partial charge in [0, 0.05) is 35.6 Å². The number of nitrogens with one attached hydrogen (secondary N) is 1. The molecule has 114 valence electrons. The van der Waals surface area contributed by atoms with Crippen molar-refractivity contribution in [2.75, 3.05) is 6.54 Å². The summed E-state index contributed by atoms with van der Waals surface area (Å²) in [7, 11) is -3.59. The molecule has 1 aromatic carbocycles. The van der Waals surface area contributed by atoms with Crippen molar-refractivity contribution < 1.29 is 8.42 Å². The van der Waals surface area contributed by atoms with E-state index in [0.29, 0.717) is 10.6 Å². The molecule has 0 aliphatic heterocycles. The molecule has 0 radical (unpaired) electrons. The van der Waals surface area contributed by atoms with Gasteiger partial charge in [-0.25, -0.2) is 18.1 Å². The highest BCUT2D eigenvalue weighted by molar-refractivity contribution is 7.89. The maximum absolute atomic E-state index is 12.2. The molecule has 0 saturated heterocycles. The summed E-state index contributed by atoms with van der Waals surface area (Å²) >= 11 is 7.50.